The molecule has 0 fully saturated rings. The van der Waals surface area contributed by atoms with Gasteiger partial charge < -0.3 is 0 Å². The third-order valence-corrected chi connectivity index (χ3v) is 2.44. The van der Waals surface area contributed by atoms with E-state index in [0.717, 1.165) is 12.1 Å². The first-order valence-electron chi connectivity index (χ1n) is 4.91. The summed E-state index contributed by atoms with van der Waals surface area (Å²) >= 11 is 0. The zero-order valence-corrected chi connectivity index (χ0v) is 9.15. The van der Waals surface area contributed by atoms with Gasteiger partial charge in [-0.1, -0.05) is 6.07 Å². The summed E-state index contributed by atoms with van der Waals surface area (Å²) in [6.45, 7) is 0. The predicted octanol–water partition coefficient (Wildman–Crippen LogP) is 0.543. The molecule has 2 rings (SSSR count). The molecule has 1 heterocycles. The monoisotopic (exact) mass is 263 g/mol. The summed E-state index contributed by atoms with van der Waals surface area (Å²) in [6.07, 6.45) is 0.869. The molecule has 1 aromatic carbocycles. The van der Waals surface area contributed by atoms with Crippen LogP contribution in [0.1, 0.15) is 5.56 Å². The summed E-state index contributed by atoms with van der Waals surface area (Å²) < 4.78 is 0. The highest BCUT2D eigenvalue weighted by molar-refractivity contribution is 6.34. The van der Waals surface area contributed by atoms with Gasteiger partial charge in [0, 0.05) is 12.1 Å². The Kier molecular flexibility index (Phi) is 2.79. The van der Waals surface area contributed by atoms with Crippen molar-refractivity contribution in [2.24, 2.45) is 0 Å². The summed E-state index contributed by atoms with van der Waals surface area (Å²) in [4.78, 5) is 42.3. The van der Waals surface area contributed by atoms with E-state index in [4.69, 9.17) is 0 Å². The minimum absolute atomic E-state index is 0.262. The first-order chi connectivity index (χ1) is 8.91. The molecule has 9 heteroatoms. The number of imide groups is 1. The molecule has 1 aliphatic rings. The SMILES string of the molecule is O=C1C=C(c2cccc([N+](=O)[O-])c2[N+](=O)[O-])C(=O)N1. The highest BCUT2D eigenvalue weighted by Gasteiger charge is 2.34. The number of nitro groups is 2. The number of rotatable bonds is 3. The fourth-order valence-corrected chi connectivity index (χ4v) is 1.70. The minimum atomic E-state index is -0.954. The lowest BCUT2D eigenvalue weighted by atomic mass is 10.0. The van der Waals surface area contributed by atoms with Crippen molar-refractivity contribution in [2.75, 3.05) is 0 Å². The summed E-state index contributed by atoms with van der Waals surface area (Å²) in [5.74, 6) is -1.55. The van der Waals surface area contributed by atoms with Gasteiger partial charge in [0.1, 0.15) is 0 Å². The lowest BCUT2D eigenvalue weighted by molar-refractivity contribution is -0.422. The molecule has 0 saturated carbocycles. The average molecular weight is 263 g/mol. The number of carbonyl (C=O) groups excluding carboxylic acids is 2. The second-order valence-electron chi connectivity index (χ2n) is 3.56. The molecule has 96 valence electrons. The number of nitro benzene ring substituents is 2. The van der Waals surface area contributed by atoms with E-state index in [0.29, 0.717) is 0 Å². The van der Waals surface area contributed by atoms with E-state index >= 15 is 0 Å². The molecule has 0 bridgehead atoms. The first kappa shape index (κ1) is 12.4. The Balaban J connectivity index is 2.71. The molecular weight excluding hydrogens is 258 g/mol. The van der Waals surface area contributed by atoms with Crippen LogP contribution >= 0.6 is 0 Å². The molecule has 2 amide bonds. The number of benzene rings is 1. The lowest BCUT2D eigenvalue weighted by Gasteiger charge is -2.02. The van der Waals surface area contributed by atoms with E-state index < -0.39 is 33.0 Å². The Morgan fingerprint density at radius 2 is 1.74 bits per heavy atom. The molecule has 0 saturated heterocycles. The third kappa shape index (κ3) is 2.04. The van der Waals surface area contributed by atoms with E-state index in [1.54, 1.807) is 0 Å². The van der Waals surface area contributed by atoms with Gasteiger partial charge >= 0.3 is 11.4 Å². The van der Waals surface area contributed by atoms with Gasteiger partial charge in [0.2, 0.25) is 0 Å². The van der Waals surface area contributed by atoms with Gasteiger partial charge in [-0.3, -0.25) is 35.1 Å². The van der Waals surface area contributed by atoms with Gasteiger partial charge in [-0.2, -0.15) is 0 Å². The van der Waals surface area contributed by atoms with Crippen LogP contribution in [0.15, 0.2) is 24.3 Å². The molecule has 9 nitrogen and oxygen atoms in total. The van der Waals surface area contributed by atoms with E-state index in [1.807, 2.05) is 5.32 Å². The van der Waals surface area contributed by atoms with Crippen molar-refractivity contribution in [3.8, 4) is 0 Å². The molecule has 1 aromatic rings. The van der Waals surface area contributed by atoms with Crippen LogP contribution in [0.5, 0.6) is 0 Å². The molecule has 0 aliphatic carbocycles. The van der Waals surface area contributed by atoms with Crippen molar-refractivity contribution in [3.63, 3.8) is 0 Å². The normalized spacial score (nSPS) is 14.0. The number of para-hydroxylation sites is 1. The summed E-state index contributed by atoms with van der Waals surface area (Å²) in [5.41, 5.74) is -2.08. The molecule has 1 N–H and O–H groups in total. The number of hydrogen-bond acceptors (Lipinski definition) is 6. The summed E-state index contributed by atoms with van der Waals surface area (Å²) in [6, 6.07) is 3.34. The van der Waals surface area contributed by atoms with Crippen LogP contribution in [0.4, 0.5) is 11.4 Å². The molecule has 0 radical (unpaired) electrons. The van der Waals surface area contributed by atoms with Gasteiger partial charge in [0.25, 0.3) is 11.8 Å². The Hall–Kier alpha value is -3.10. The van der Waals surface area contributed by atoms with Crippen molar-refractivity contribution in [2.45, 2.75) is 0 Å². The number of nitrogens with one attached hydrogen (secondary N) is 1. The fourth-order valence-electron chi connectivity index (χ4n) is 1.70. The van der Waals surface area contributed by atoms with Gasteiger partial charge in [-0.05, 0) is 6.07 Å². The molecule has 19 heavy (non-hydrogen) atoms. The van der Waals surface area contributed by atoms with Gasteiger partial charge in [0.05, 0.1) is 21.0 Å². The Bertz CT molecular complexity index is 663. The van der Waals surface area contributed by atoms with Crippen molar-refractivity contribution in [1.29, 1.82) is 0 Å². The zero-order valence-electron chi connectivity index (χ0n) is 9.15. The molecule has 0 unspecified atom stereocenters. The van der Waals surface area contributed by atoms with Gasteiger partial charge in [-0.15, -0.1) is 0 Å². The van der Waals surface area contributed by atoms with E-state index in [2.05, 4.69) is 0 Å². The molecule has 0 aromatic heterocycles. The largest absolute Gasteiger partial charge is 0.353 e. The Morgan fingerprint density at radius 1 is 1.05 bits per heavy atom. The minimum Gasteiger partial charge on any atom is -0.289 e. The van der Waals surface area contributed by atoms with Crippen molar-refractivity contribution in [1.82, 2.24) is 5.32 Å². The van der Waals surface area contributed by atoms with Gasteiger partial charge in [0.15, 0.2) is 0 Å². The number of amides is 2. The Morgan fingerprint density at radius 3 is 2.21 bits per heavy atom. The maximum atomic E-state index is 11.4. The van der Waals surface area contributed by atoms with Crippen LogP contribution in [0.2, 0.25) is 0 Å². The smallest absolute Gasteiger partial charge is 0.289 e. The molecule has 0 atom stereocenters. The zero-order chi connectivity index (χ0) is 14.2. The summed E-state index contributed by atoms with van der Waals surface area (Å²) in [7, 11) is 0. The number of nitrogens with zero attached hydrogens (tertiary/aromatic N) is 2. The quantitative estimate of drug-likeness (QED) is 0.480. The van der Waals surface area contributed by atoms with Gasteiger partial charge in [-0.25, -0.2) is 0 Å². The molecule has 0 spiro atoms. The van der Waals surface area contributed by atoms with Crippen molar-refractivity contribution >= 4 is 28.8 Å². The average Bonchev–Trinajstić information content (AvgIpc) is 2.67. The van der Waals surface area contributed by atoms with Crippen LogP contribution < -0.4 is 5.32 Å². The Labute approximate surface area is 104 Å². The second-order valence-corrected chi connectivity index (χ2v) is 3.56. The van der Waals surface area contributed by atoms with Crippen LogP contribution in [0.3, 0.4) is 0 Å². The van der Waals surface area contributed by atoms with Crippen LogP contribution in [0.25, 0.3) is 5.57 Å². The maximum absolute atomic E-state index is 11.4. The third-order valence-electron chi connectivity index (χ3n) is 2.44. The molecule has 1 aliphatic heterocycles. The highest BCUT2D eigenvalue weighted by Crippen LogP contribution is 2.35. The molecular formula is C10H5N3O6. The number of hydrogen-bond donors (Lipinski definition) is 1. The van der Waals surface area contributed by atoms with E-state index in [-0.39, 0.29) is 11.1 Å². The van der Waals surface area contributed by atoms with Crippen molar-refractivity contribution < 1.29 is 19.4 Å². The topological polar surface area (TPSA) is 132 Å². The van der Waals surface area contributed by atoms with E-state index in [1.165, 1.54) is 12.1 Å². The van der Waals surface area contributed by atoms with Crippen LogP contribution in [0, 0.1) is 20.2 Å². The highest BCUT2D eigenvalue weighted by atomic mass is 16.6. The summed E-state index contributed by atoms with van der Waals surface area (Å²) in [5, 5.41) is 23.6. The second kappa shape index (κ2) is 4.29. The van der Waals surface area contributed by atoms with Crippen molar-refractivity contribution in [3.05, 3.63) is 50.1 Å². The van der Waals surface area contributed by atoms with Crippen LogP contribution in [-0.2, 0) is 9.59 Å². The standard InChI is InChI=1S/C10H5N3O6/c14-8-4-6(10(15)11-8)5-2-1-3-7(12(16)17)9(5)13(18)19/h1-4H,(H,11,14,15). The maximum Gasteiger partial charge on any atom is 0.353 e. The van der Waals surface area contributed by atoms with Crippen LogP contribution in [-0.4, -0.2) is 21.7 Å². The number of carbonyl (C=O) groups is 2. The first-order valence-corrected chi connectivity index (χ1v) is 4.91. The lowest BCUT2D eigenvalue weighted by Crippen LogP contribution is -2.22. The van der Waals surface area contributed by atoms with E-state index in [9.17, 15) is 29.8 Å². The predicted molar refractivity (Wildman–Crippen MR) is 60.9 cm³/mol. The fraction of sp³-hybridized carbons (Fsp3) is 0.